The zero-order valence-corrected chi connectivity index (χ0v) is 20.8. The lowest BCUT2D eigenvalue weighted by Gasteiger charge is -2.35. The molecule has 2 aliphatic rings. The minimum atomic E-state index is -4.55. The molecule has 5 rings (SSSR count). The molecular formula is C25H23F3N4O5S. The Morgan fingerprint density at radius 1 is 0.974 bits per heavy atom. The molecule has 0 saturated carbocycles. The van der Waals surface area contributed by atoms with Gasteiger partial charge in [-0.2, -0.15) is 17.5 Å². The predicted molar refractivity (Wildman–Crippen MR) is 130 cm³/mol. The number of alkyl halides is 3. The van der Waals surface area contributed by atoms with Crippen molar-refractivity contribution in [3.63, 3.8) is 0 Å². The highest BCUT2D eigenvalue weighted by molar-refractivity contribution is 7.89. The Balaban J connectivity index is 1.23. The van der Waals surface area contributed by atoms with Gasteiger partial charge in [-0.05, 0) is 54.1 Å². The highest BCUT2D eigenvalue weighted by atomic mass is 32.2. The predicted octanol–water partition coefficient (Wildman–Crippen LogP) is 3.27. The maximum absolute atomic E-state index is 13.0. The van der Waals surface area contributed by atoms with E-state index in [1.807, 2.05) is 11.0 Å². The fraction of sp³-hybridized carbons (Fsp3) is 0.280. The fourth-order valence-corrected chi connectivity index (χ4v) is 5.68. The molecule has 1 aromatic heterocycles. The Labute approximate surface area is 216 Å². The molecule has 0 aliphatic carbocycles. The number of rotatable bonds is 6. The standard InChI is InChI=1S/C25H23F3N4O5S/c26-25(27,28)18-4-6-19(7-5-18)38(34,35)32-12-10-31(11-13-32)23-20(2-1-9-29-23)24(33)30-15-17-3-8-21-22(14-17)37-16-36-21/h1-9,14H,10-13,15-16H2,(H,30,33). The van der Waals surface area contributed by atoms with Gasteiger partial charge in [-0.1, -0.05) is 6.07 Å². The summed E-state index contributed by atoms with van der Waals surface area (Å²) in [4.78, 5) is 19.0. The van der Waals surface area contributed by atoms with Crippen LogP contribution >= 0.6 is 0 Å². The molecule has 1 N–H and O–H groups in total. The van der Waals surface area contributed by atoms with Crippen LogP contribution < -0.4 is 19.7 Å². The molecule has 200 valence electrons. The van der Waals surface area contributed by atoms with Crippen LogP contribution in [0.15, 0.2) is 65.7 Å². The number of amides is 1. The number of carbonyl (C=O) groups is 1. The summed E-state index contributed by atoms with van der Waals surface area (Å²) in [6.45, 7) is 1.07. The lowest BCUT2D eigenvalue weighted by atomic mass is 10.1. The molecule has 0 unspecified atom stereocenters. The number of hydrogen-bond donors (Lipinski definition) is 1. The largest absolute Gasteiger partial charge is 0.454 e. The number of fused-ring (bicyclic) bond motifs is 1. The first-order valence-corrected chi connectivity index (χ1v) is 13.1. The first kappa shape index (κ1) is 25.8. The second-order valence-electron chi connectivity index (χ2n) is 8.66. The van der Waals surface area contributed by atoms with Crippen molar-refractivity contribution in [2.24, 2.45) is 0 Å². The molecule has 1 fully saturated rings. The average molecular weight is 549 g/mol. The molecular weight excluding hydrogens is 525 g/mol. The van der Waals surface area contributed by atoms with Crippen molar-refractivity contribution in [1.82, 2.24) is 14.6 Å². The van der Waals surface area contributed by atoms with E-state index in [9.17, 15) is 26.4 Å². The smallest absolute Gasteiger partial charge is 0.416 e. The van der Waals surface area contributed by atoms with E-state index in [1.54, 1.807) is 30.5 Å². The fourth-order valence-electron chi connectivity index (χ4n) is 4.26. The maximum atomic E-state index is 13.0. The Morgan fingerprint density at radius 2 is 1.68 bits per heavy atom. The van der Waals surface area contributed by atoms with E-state index < -0.39 is 21.8 Å². The van der Waals surface area contributed by atoms with E-state index in [2.05, 4.69) is 10.3 Å². The molecule has 9 nitrogen and oxygen atoms in total. The monoisotopic (exact) mass is 548 g/mol. The number of aromatic nitrogens is 1. The number of piperazine rings is 1. The number of sulfonamides is 1. The van der Waals surface area contributed by atoms with Gasteiger partial charge in [-0.3, -0.25) is 4.79 Å². The second-order valence-corrected chi connectivity index (χ2v) is 10.6. The lowest BCUT2D eigenvalue weighted by molar-refractivity contribution is -0.137. The maximum Gasteiger partial charge on any atom is 0.416 e. The van der Waals surface area contributed by atoms with Gasteiger partial charge in [0.15, 0.2) is 11.5 Å². The zero-order valence-electron chi connectivity index (χ0n) is 19.9. The SMILES string of the molecule is O=C(NCc1ccc2c(c1)OCO2)c1cccnc1N1CCN(S(=O)(=O)c2ccc(C(F)(F)F)cc2)CC1. The number of hydrogen-bond acceptors (Lipinski definition) is 7. The minimum Gasteiger partial charge on any atom is -0.454 e. The van der Waals surface area contributed by atoms with Gasteiger partial charge in [0.1, 0.15) is 5.82 Å². The minimum absolute atomic E-state index is 0.0815. The molecule has 1 amide bonds. The van der Waals surface area contributed by atoms with Gasteiger partial charge < -0.3 is 19.7 Å². The number of pyridine rings is 1. The highest BCUT2D eigenvalue weighted by Gasteiger charge is 2.33. The molecule has 1 saturated heterocycles. The number of nitrogens with one attached hydrogen (secondary N) is 1. The van der Waals surface area contributed by atoms with Gasteiger partial charge in [0.2, 0.25) is 16.8 Å². The van der Waals surface area contributed by atoms with Crippen molar-refractivity contribution in [3.8, 4) is 11.5 Å². The lowest BCUT2D eigenvalue weighted by Crippen LogP contribution is -2.49. The van der Waals surface area contributed by atoms with Crippen LogP contribution in [0.1, 0.15) is 21.5 Å². The van der Waals surface area contributed by atoms with E-state index in [1.165, 1.54) is 4.31 Å². The summed E-state index contributed by atoms with van der Waals surface area (Å²) in [5.74, 6) is 1.34. The quantitative estimate of drug-likeness (QED) is 0.505. The van der Waals surface area contributed by atoms with Crippen LogP contribution in [0.4, 0.5) is 19.0 Å². The van der Waals surface area contributed by atoms with Crippen molar-refractivity contribution in [3.05, 3.63) is 77.5 Å². The third-order valence-corrected chi connectivity index (χ3v) is 8.19. The average Bonchev–Trinajstić information content (AvgIpc) is 3.39. The Bertz CT molecular complexity index is 1440. The van der Waals surface area contributed by atoms with Gasteiger partial charge in [-0.15, -0.1) is 0 Å². The van der Waals surface area contributed by atoms with Crippen molar-refractivity contribution in [2.75, 3.05) is 37.9 Å². The number of anilines is 1. The normalized spacial score (nSPS) is 15.9. The third-order valence-electron chi connectivity index (χ3n) is 6.28. The first-order valence-electron chi connectivity index (χ1n) is 11.7. The first-order chi connectivity index (χ1) is 18.1. The topological polar surface area (TPSA) is 101 Å². The summed E-state index contributed by atoms with van der Waals surface area (Å²) in [5.41, 5.74) is 0.253. The van der Waals surface area contributed by atoms with Crippen LogP contribution in [0.2, 0.25) is 0 Å². The molecule has 0 atom stereocenters. The van der Waals surface area contributed by atoms with Crippen LogP contribution in [-0.2, 0) is 22.7 Å². The molecule has 2 aromatic carbocycles. The number of benzene rings is 2. The number of halogens is 3. The van der Waals surface area contributed by atoms with Crippen LogP contribution in [0.5, 0.6) is 11.5 Å². The summed E-state index contributed by atoms with van der Waals surface area (Å²) >= 11 is 0. The van der Waals surface area contributed by atoms with Crippen molar-refractivity contribution >= 4 is 21.7 Å². The van der Waals surface area contributed by atoms with Crippen LogP contribution in [0, 0.1) is 0 Å². The number of carbonyl (C=O) groups excluding carboxylic acids is 1. The summed E-state index contributed by atoms with van der Waals surface area (Å²) in [5, 5.41) is 2.87. The summed E-state index contributed by atoms with van der Waals surface area (Å²) in [7, 11) is -3.98. The van der Waals surface area contributed by atoms with Gasteiger partial charge >= 0.3 is 6.18 Å². The molecule has 0 radical (unpaired) electrons. The molecule has 3 heterocycles. The molecule has 0 bridgehead atoms. The molecule has 0 spiro atoms. The van der Waals surface area contributed by atoms with Crippen molar-refractivity contribution in [2.45, 2.75) is 17.6 Å². The van der Waals surface area contributed by atoms with Gasteiger partial charge in [0.05, 0.1) is 16.0 Å². The van der Waals surface area contributed by atoms with Crippen molar-refractivity contribution < 1.29 is 35.9 Å². The molecule has 2 aliphatic heterocycles. The Kier molecular flexibility index (Phi) is 6.88. The van der Waals surface area contributed by atoms with Gasteiger partial charge in [0, 0.05) is 38.9 Å². The molecule has 13 heteroatoms. The second kappa shape index (κ2) is 10.1. The van der Waals surface area contributed by atoms with E-state index in [4.69, 9.17) is 9.47 Å². The highest BCUT2D eigenvalue weighted by Crippen LogP contribution is 2.33. The molecule has 3 aromatic rings. The number of nitrogens with zero attached hydrogens (tertiary/aromatic N) is 3. The van der Waals surface area contributed by atoms with Crippen LogP contribution in [-0.4, -0.2) is 56.6 Å². The zero-order chi connectivity index (χ0) is 26.9. The van der Waals surface area contributed by atoms with Gasteiger partial charge in [0.25, 0.3) is 5.91 Å². The summed E-state index contributed by atoms with van der Waals surface area (Å²) in [6, 6.07) is 12.1. The van der Waals surface area contributed by atoms with Crippen LogP contribution in [0.25, 0.3) is 0 Å². The van der Waals surface area contributed by atoms with E-state index in [0.29, 0.717) is 22.9 Å². The summed E-state index contributed by atoms with van der Waals surface area (Å²) in [6.07, 6.45) is -3.00. The Morgan fingerprint density at radius 3 is 2.39 bits per heavy atom. The van der Waals surface area contributed by atoms with Gasteiger partial charge in [-0.25, -0.2) is 13.4 Å². The number of ether oxygens (including phenoxy) is 2. The Hall–Kier alpha value is -3.84. The summed E-state index contributed by atoms with van der Waals surface area (Å²) < 4.78 is 76.4. The third kappa shape index (κ3) is 5.24. The van der Waals surface area contributed by atoms with Crippen molar-refractivity contribution in [1.29, 1.82) is 0 Å². The van der Waals surface area contributed by atoms with E-state index in [-0.39, 0.29) is 50.3 Å². The van der Waals surface area contributed by atoms with Crippen LogP contribution in [0.3, 0.4) is 0 Å². The molecule has 38 heavy (non-hydrogen) atoms. The van der Waals surface area contributed by atoms with E-state index >= 15 is 0 Å². The van der Waals surface area contributed by atoms with E-state index in [0.717, 1.165) is 29.8 Å².